The number of nitrogens with two attached hydrogens (primary N) is 1. The van der Waals surface area contributed by atoms with Gasteiger partial charge in [0.15, 0.2) is 5.03 Å². The Hall–Kier alpha value is -1.77. The lowest BCUT2D eigenvalue weighted by Crippen LogP contribution is -2.25. The van der Waals surface area contributed by atoms with E-state index in [2.05, 4.69) is 9.82 Å². The highest BCUT2D eigenvalue weighted by Gasteiger charge is 2.17. The first-order valence-electron chi connectivity index (χ1n) is 5.76. The Balaban J connectivity index is 2.09. The van der Waals surface area contributed by atoms with Gasteiger partial charge in [0, 0.05) is 19.2 Å². The number of hydrogen-bond donors (Lipinski definition) is 2. The Morgan fingerprint density at radius 3 is 2.50 bits per heavy atom. The molecule has 0 aliphatic carbocycles. The number of hydrogen-bond acceptors (Lipinski definition) is 4. The van der Waals surface area contributed by atoms with E-state index in [1.807, 2.05) is 0 Å². The Labute approximate surface area is 122 Å². The largest absolute Gasteiger partial charge is 0.389 e. The highest BCUT2D eigenvalue weighted by Crippen LogP contribution is 2.09. The maximum Gasteiger partial charge on any atom is 0.258 e. The van der Waals surface area contributed by atoms with Crippen molar-refractivity contribution < 1.29 is 8.42 Å². The molecular formula is C12H14N4O2S2. The Morgan fingerprint density at radius 1 is 1.35 bits per heavy atom. The second-order valence-corrected chi connectivity index (χ2v) is 6.33. The number of nitrogens with one attached hydrogen (secondary N) is 1. The molecule has 1 aromatic carbocycles. The number of aromatic nitrogens is 2. The topological polar surface area (TPSA) is 90.0 Å². The molecule has 3 N–H and O–H groups in total. The van der Waals surface area contributed by atoms with Crippen molar-refractivity contribution in [2.75, 3.05) is 0 Å². The minimum Gasteiger partial charge on any atom is -0.389 e. The SMILES string of the molecule is Cn1nccc1S(=O)(=O)NCc1ccc(C(N)=S)cc1. The fourth-order valence-corrected chi connectivity index (χ4v) is 2.94. The molecule has 0 atom stereocenters. The molecule has 0 saturated carbocycles. The smallest absolute Gasteiger partial charge is 0.258 e. The highest BCUT2D eigenvalue weighted by atomic mass is 32.2. The van der Waals surface area contributed by atoms with E-state index in [-0.39, 0.29) is 11.6 Å². The van der Waals surface area contributed by atoms with Crippen LogP contribution in [0.5, 0.6) is 0 Å². The zero-order chi connectivity index (χ0) is 14.8. The van der Waals surface area contributed by atoms with Gasteiger partial charge in [-0.2, -0.15) is 5.10 Å². The summed E-state index contributed by atoms with van der Waals surface area (Å²) in [7, 11) is -2.00. The van der Waals surface area contributed by atoms with Crippen molar-refractivity contribution in [1.82, 2.24) is 14.5 Å². The summed E-state index contributed by atoms with van der Waals surface area (Å²) in [5, 5.41) is 3.96. The average Bonchev–Trinajstić information content (AvgIpc) is 2.84. The van der Waals surface area contributed by atoms with Crippen LogP contribution in [0.2, 0.25) is 0 Å². The number of benzene rings is 1. The van der Waals surface area contributed by atoms with E-state index in [0.717, 1.165) is 11.1 Å². The average molecular weight is 310 g/mol. The van der Waals surface area contributed by atoms with Crippen LogP contribution < -0.4 is 10.5 Å². The number of aryl methyl sites for hydroxylation is 1. The molecule has 0 bridgehead atoms. The van der Waals surface area contributed by atoms with Gasteiger partial charge in [0.1, 0.15) is 4.99 Å². The lowest BCUT2D eigenvalue weighted by atomic mass is 10.1. The molecule has 1 heterocycles. The monoisotopic (exact) mass is 310 g/mol. The van der Waals surface area contributed by atoms with Crippen molar-refractivity contribution in [3.63, 3.8) is 0 Å². The molecular weight excluding hydrogens is 296 g/mol. The molecule has 106 valence electrons. The predicted molar refractivity (Wildman–Crippen MR) is 79.6 cm³/mol. The number of nitrogens with zero attached hydrogens (tertiary/aromatic N) is 2. The molecule has 8 heteroatoms. The molecule has 2 aromatic rings. The van der Waals surface area contributed by atoms with Crippen molar-refractivity contribution in [2.45, 2.75) is 11.6 Å². The molecule has 0 spiro atoms. The minimum absolute atomic E-state index is 0.122. The molecule has 6 nitrogen and oxygen atoms in total. The quantitative estimate of drug-likeness (QED) is 0.786. The van der Waals surface area contributed by atoms with Crippen LogP contribution in [-0.2, 0) is 23.6 Å². The fraction of sp³-hybridized carbons (Fsp3) is 0.167. The van der Waals surface area contributed by atoms with Gasteiger partial charge in [-0.15, -0.1) is 0 Å². The van der Waals surface area contributed by atoms with Crippen molar-refractivity contribution in [2.24, 2.45) is 12.8 Å². The lowest BCUT2D eigenvalue weighted by Gasteiger charge is -2.07. The first-order chi connectivity index (χ1) is 9.40. The Bertz CT molecular complexity index is 720. The summed E-state index contributed by atoms with van der Waals surface area (Å²) < 4.78 is 27.9. The van der Waals surface area contributed by atoms with E-state index in [1.165, 1.54) is 16.9 Å². The maximum absolute atomic E-state index is 12.0. The van der Waals surface area contributed by atoms with Crippen LogP contribution in [0.15, 0.2) is 41.6 Å². The van der Waals surface area contributed by atoms with E-state index in [9.17, 15) is 8.42 Å². The molecule has 2 rings (SSSR count). The van der Waals surface area contributed by atoms with Crippen LogP contribution in [0.4, 0.5) is 0 Å². The minimum atomic E-state index is -3.57. The first-order valence-corrected chi connectivity index (χ1v) is 7.66. The van der Waals surface area contributed by atoms with Gasteiger partial charge in [0.25, 0.3) is 10.0 Å². The summed E-state index contributed by atoms with van der Waals surface area (Å²) in [5.41, 5.74) is 7.06. The molecule has 0 saturated heterocycles. The van der Waals surface area contributed by atoms with Gasteiger partial charge in [-0.05, 0) is 11.6 Å². The summed E-state index contributed by atoms with van der Waals surface area (Å²) in [6.45, 7) is 0.186. The van der Waals surface area contributed by atoms with Gasteiger partial charge in [-0.1, -0.05) is 36.5 Å². The first kappa shape index (κ1) is 14.6. The summed E-state index contributed by atoms with van der Waals surface area (Å²) in [6, 6.07) is 8.52. The summed E-state index contributed by atoms with van der Waals surface area (Å²) in [6.07, 6.45) is 1.44. The standard InChI is InChI=1S/C12H14N4O2S2/c1-16-11(6-7-14-16)20(17,18)15-8-9-2-4-10(5-3-9)12(13)19/h2-7,15H,8H2,1H3,(H2,13,19). The molecule has 0 unspecified atom stereocenters. The number of sulfonamides is 1. The van der Waals surface area contributed by atoms with E-state index < -0.39 is 10.0 Å². The van der Waals surface area contributed by atoms with Gasteiger partial charge in [0.2, 0.25) is 0 Å². The van der Waals surface area contributed by atoms with Gasteiger partial charge in [0.05, 0.1) is 6.20 Å². The highest BCUT2D eigenvalue weighted by molar-refractivity contribution is 7.89. The summed E-state index contributed by atoms with van der Waals surface area (Å²) in [5.74, 6) is 0. The molecule has 0 aliphatic rings. The molecule has 0 radical (unpaired) electrons. The second-order valence-electron chi connectivity index (χ2n) is 4.18. The van der Waals surface area contributed by atoms with E-state index >= 15 is 0 Å². The number of thiocarbonyl (C=S) groups is 1. The predicted octanol–water partition coefficient (Wildman–Crippen LogP) is 0.533. The molecule has 0 amide bonds. The van der Waals surface area contributed by atoms with Gasteiger partial charge < -0.3 is 5.73 Å². The third-order valence-corrected chi connectivity index (χ3v) is 4.47. The van der Waals surface area contributed by atoms with E-state index in [0.29, 0.717) is 4.99 Å². The Kier molecular flexibility index (Phi) is 4.17. The van der Waals surface area contributed by atoms with Crippen LogP contribution in [0.1, 0.15) is 11.1 Å². The van der Waals surface area contributed by atoms with Crippen LogP contribution in [0.25, 0.3) is 0 Å². The molecule has 0 fully saturated rings. The third-order valence-electron chi connectivity index (χ3n) is 2.76. The van der Waals surface area contributed by atoms with Crippen molar-refractivity contribution >= 4 is 27.2 Å². The molecule has 20 heavy (non-hydrogen) atoms. The normalized spacial score (nSPS) is 11.4. The summed E-state index contributed by atoms with van der Waals surface area (Å²) >= 11 is 4.85. The maximum atomic E-state index is 12.0. The van der Waals surface area contributed by atoms with E-state index in [4.69, 9.17) is 18.0 Å². The Morgan fingerprint density at radius 2 is 2.00 bits per heavy atom. The second kappa shape index (κ2) is 5.70. The zero-order valence-electron chi connectivity index (χ0n) is 10.8. The number of rotatable bonds is 5. The van der Waals surface area contributed by atoms with Gasteiger partial charge in [-0.3, -0.25) is 4.68 Å². The van der Waals surface area contributed by atoms with Crippen molar-refractivity contribution in [1.29, 1.82) is 0 Å². The van der Waals surface area contributed by atoms with Gasteiger partial charge >= 0.3 is 0 Å². The fourth-order valence-electron chi connectivity index (χ4n) is 1.66. The summed E-state index contributed by atoms with van der Waals surface area (Å²) in [4.78, 5) is 0.312. The van der Waals surface area contributed by atoms with Crippen molar-refractivity contribution in [3.05, 3.63) is 47.7 Å². The van der Waals surface area contributed by atoms with Crippen LogP contribution >= 0.6 is 12.2 Å². The van der Waals surface area contributed by atoms with Gasteiger partial charge in [-0.25, -0.2) is 13.1 Å². The third kappa shape index (κ3) is 3.21. The van der Waals surface area contributed by atoms with Crippen LogP contribution in [-0.4, -0.2) is 23.2 Å². The lowest BCUT2D eigenvalue weighted by molar-refractivity contribution is 0.563. The van der Waals surface area contributed by atoms with Crippen LogP contribution in [0.3, 0.4) is 0 Å². The van der Waals surface area contributed by atoms with E-state index in [1.54, 1.807) is 31.3 Å². The molecule has 0 aliphatic heterocycles. The van der Waals surface area contributed by atoms with Crippen molar-refractivity contribution in [3.8, 4) is 0 Å². The zero-order valence-corrected chi connectivity index (χ0v) is 12.4. The van der Waals surface area contributed by atoms with Crippen LogP contribution in [0, 0.1) is 0 Å². The molecule has 1 aromatic heterocycles.